The second-order valence-corrected chi connectivity index (χ2v) is 7.94. The Morgan fingerprint density at radius 2 is 1.93 bits per heavy atom. The molecule has 0 unspecified atom stereocenters. The van der Waals surface area contributed by atoms with E-state index in [9.17, 15) is 18.5 Å². The summed E-state index contributed by atoms with van der Waals surface area (Å²) in [5.74, 6) is -0.695. The van der Waals surface area contributed by atoms with Crippen LogP contribution in [0.5, 0.6) is 0 Å². The maximum Gasteiger partial charge on any atom is 0.294 e. The molecule has 0 aliphatic heterocycles. The number of hydrogen-bond donors (Lipinski definition) is 4. The van der Waals surface area contributed by atoms with Gasteiger partial charge in [-0.15, -0.1) is 5.17 Å². The summed E-state index contributed by atoms with van der Waals surface area (Å²) >= 11 is 8.74. The zero-order valence-corrected chi connectivity index (χ0v) is 17.8. The average Bonchev–Trinajstić information content (AvgIpc) is 2.61. The van der Waals surface area contributed by atoms with Crippen molar-refractivity contribution in [3.63, 3.8) is 0 Å². The van der Waals surface area contributed by atoms with Crippen molar-refractivity contribution in [2.75, 3.05) is 0 Å². The molecular formula is C15H15BrClN5O6S. The molecule has 0 heterocycles. The molecule has 0 aliphatic rings. The molecule has 0 atom stereocenters. The summed E-state index contributed by atoms with van der Waals surface area (Å²) in [6.07, 6.45) is 1.07. The standard InChI is InChI=1S/C8H7BrClN5O3.C7H8O3S/c9-7-4(3-13-14(16)8(11)12)1-5(10)2-6(7)15(17)18;1-6-2-4-7(5-3-6)11(8,9)10/h1-3,16H,(H3,11,12);2-5H,1H3,(H,8,9,10)/b13-3+;. The lowest BCUT2D eigenvalue weighted by Gasteiger charge is -2.06. The highest BCUT2D eigenvalue weighted by Crippen LogP contribution is 2.31. The van der Waals surface area contributed by atoms with Crippen LogP contribution in [0.3, 0.4) is 0 Å². The predicted molar refractivity (Wildman–Crippen MR) is 110 cm³/mol. The molecular weight excluding hydrogens is 494 g/mol. The Kier molecular flexibility index (Phi) is 8.66. The van der Waals surface area contributed by atoms with E-state index < -0.39 is 21.0 Å². The number of benzene rings is 2. The van der Waals surface area contributed by atoms with Gasteiger partial charge >= 0.3 is 0 Å². The number of nitrogens with two attached hydrogens (primary N) is 1. The van der Waals surface area contributed by atoms with Crippen LogP contribution in [0, 0.1) is 22.4 Å². The first-order chi connectivity index (χ1) is 13.3. The van der Waals surface area contributed by atoms with Gasteiger partial charge in [-0.05, 0) is 41.1 Å². The summed E-state index contributed by atoms with van der Waals surface area (Å²) in [5, 5.41) is 30.3. The van der Waals surface area contributed by atoms with Crippen molar-refractivity contribution in [2.45, 2.75) is 11.8 Å². The summed E-state index contributed by atoms with van der Waals surface area (Å²) < 4.78 is 29.7. The molecule has 0 amide bonds. The maximum absolute atomic E-state index is 10.7. The molecule has 14 heteroatoms. The van der Waals surface area contributed by atoms with Crippen LogP contribution >= 0.6 is 27.5 Å². The second-order valence-electron chi connectivity index (χ2n) is 5.29. The van der Waals surface area contributed by atoms with Gasteiger partial charge in [0, 0.05) is 16.7 Å². The minimum Gasteiger partial charge on any atom is -0.367 e. The molecule has 0 saturated heterocycles. The van der Waals surface area contributed by atoms with Gasteiger partial charge in [-0.3, -0.25) is 25.3 Å². The van der Waals surface area contributed by atoms with Crippen LogP contribution in [0.1, 0.15) is 11.1 Å². The quantitative estimate of drug-likeness (QED) is 0.159. The average molecular weight is 509 g/mol. The number of rotatable bonds is 4. The van der Waals surface area contributed by atoms with Gasteiger partial charge in [0.05, 0.1) is 16.0 Å². The van der Waals surface area contributed by atoms with Crippen LogP contribution in [-0.4, -0.2) is 40.4 Å². The van der Waals surface area contributed by atoms with Crippen molar-refractivity contribution in [3.05, 3.63) is 67.1 Å². The van der Waals surface area contributed by atoms with Gasteiger partial charge in [0.1, 0.15) is 4.47 Å². The lowest BCUT2D eigenvalue weighted by molar-refractivity contribution is -0.385. The highest BCUT2D eigenvalue weighted by atomic mass is 79.9. The van der Waals surface area contributed by atoms with E-state index in [0.29, 0.717) is 0 Å². The number of nitro benzene ring substituents is 1. The molecule has 0 spiro atoms. The van der Waals surface area contributed by atoms with E-state index in [0.717, 1.165) is 11.8 Å². The Bertz CT molecular complexity index is 1050. The van der Waals surface area contributed by atoms with E-state index in [-0.39, 0.29) is 30.8 Å². The van der Waals surface area contributed by atoms with E-state index in [1.807, 2.05) is 6.92 Å². The Balaban J connectivity index is 0.000000326. The summed E-state index contributed by atoms with van der Waals surface area (Å²) in [7, 11) is -4.02. The molecule has 0 saturated carbocycles. The summed E-state index contributed by atoms with van der Waals surface area (Å²) in [5.41, 5.74) is 5.92. The zero-order valence-electron chi connectivity index (χ0n) is 14.7. The summed E-state index contributed by atoms with van der Waals surface area (Å²) in [6, 6.07) is 8.56. The Hall–Kier alpha value is -2.58. The molecule has 0 aromatic heterocycles. The highest BCUT2D eigenvalue weighted by molar-refractivity contribution is 9.10. The van der Waals surface area contributed by atoms with Gasteiger partial charge in [-0.1, -0.05) is 29.3 Å². The van der Waals surface area contributed by atoms with E-state index in [2.05, 4.69) is 21.0 Å². The fraction of sp³-hybridized carbons (Fsp3) is 0.0667. The lowest BCUT2D eigenvalue weighted by Crippen LogP contribution is -2.28. The largest absolute Gasteiger partial charge is 0.367 e. The van der Waals surface area contributed by atoms with Crippen molar-refractivity contribution in [2.24, 2.45) is 10.8 Å². The fourth-order valence-corrected chi connectivity index (χ4v) is 2.89. The van der Waals surface area contributed by atoms with Crippen LogP contribution in [0.4, 0.5) is 5.69 Å². The van der Waals surface area contributed by atoms with E-state index >= 15 is 0 Å². The molecule has 0 radical (unpaired) electrons. The Morgan fingerprint density at radius 3 is 2.38 bits per heavy atom. The van der Waals surface area contributed by atoms with Gasteiger partial charge in [0.25, 0.3) is 15.8 Å². The monoisotopic (exact) mass is 507 g/mol. The molecule has 5 N–H and O–H groups in total. The first-order valence-corrected chi connectivity index (χ1v) is 9.98. The first kappa shape index (κ1) is 24.5. The zero-order chi connectivity index (χ0) is 22.4. The van der Waals surface area contributed by atoms with Gasteiger partial charge in [0.15, 0.2) is 0 Å². The SMILES string of the molecule is Cc1ccc(S(=O)(=O)O)cc1.N=C(N)N(O)/N=C/c1cc(Cl)cc([N+](=O)[O-])c1Br. The third-order valence-electron chi connectivity index (χ3n) is 3.08. The molecule has 2 aromatic rings. The van der Waals surface area contributed by atoms with Crippen molar-refractivity contribution in [1.29, 1.82) is 5.41 Å². The number of nitrogens with one attached hydrogen (secondary N) is 1. The number of hydrazone groups is 1. The Labute approximate surface area is 178 Å². The number of aryl methyl sites for hydroxylation is 1. The molecule has 29 heavy (non-hydrogen) atoms. The molecule has 156 valence electrons. The maximum atomic E-state index is 10.7. The number of hydroxylamine groups is 1. The van der Waals surface area contributed by atoms with E-state index in [4.69, 9.17) is 32.5 Å². The van der Waals surface area contributed by atoms with Gasteiger partial charge < -0.3 is 5.73 Å². The molecule has 0 aliphatic carbocycles. The van der Waals surface area contributed by atoms with Crippen molar-refractivity contribution in [3.8, 4) is 0 Å². The molecule has 0 fully saturated rings. The molecule has 2 aromatic carbocycles. The van der Waals surface area contributed by atoms with Crippen LogP contribution < -0.4 is 5.73 Å². The first-order valence-electron chi connectivity index (χ1n) is 7.37. The van der Waals surface area contributed by atoms with Crippen LogP contribution in [-0.2, 0) is 10.1 Å². The molecule has 11 nitrogen and oxygen atoms in total. The minimum absolute atomic E-state index is 0.0666. The number of nitro groups is 1. The van der Waals surface area contributed by atoms with Gasteiger partial charge in [-0.2, -0.15) is 13.5 Å². The van der Waals surface area contributed by atoms with Crippen LogP contribution in [0.15, 0.2) is 50.9 Å². The lowest BCUT2D eigenvalue weighted by atomic mass is 10.2. The third kappa shape index (κ3) is 7.75. The van der Waals surface area contributed by atoms with Crippen molar-refractivity contribution >= 4 is 55.5 Å². The smallest absolute Gasteiger partial charge is 0.294 e. The molecule has 2 rings (SSSR count). The Morgan fingerprint density at radius 1 is 1.38 bits per heavy atom. The number of halogens is 2. The summed E-state index contributed by atoms with van der Waals surface area (Å²) in [4.78, 5) is 10.0. The van der Waals surface area contributed by atoms with Gasteiger partial charge in [-0.25, -0.2) is 0 Å². The van der Waals surface area contributed by atoms with Crippen LogP contribution in [0.2, 0.25) is 5.02 Å². The number of hydrogen-bond acceptors (Lipinski definition) is 7. The number of guanidine groups is 1. The van der Waals surface area contributed by atoms with Crippen molar-refractivity contribution in [1.82, 2.24) is 5.17 Å². The van der Waals surface area contributed by atoms with Crippen LogP contribution in [0.25, 0.3) is 0 Å². The number of nitrogens with zero attached hydrogens (tertiary/aromatic N) is 3. The van der Waals surface area contributed by atoms with Gasteiger partial charge in [0.2, 0.25) is 5.96 Å². The van der Waals surface area contributed by atoms with E-state index in [1.54, 1.807) is 12.1 Å². The van der Waals surface area contributed by atoms with Crippen molar-refractivity contribution < 1.29 is 23.1 Å². The predicted octanol–water partition coefficient (Wildman–Crippen LogP) is 3.17. The normalized spacial score (nSPS) is 10.9. The minimum atomic E-state index is -4.02. The topological polar surface area (TPSA) is 183 Å². The summed E-state index contributed by atoms with van der Waals surface area (Å²) in [6.45, 7) is 1.84. The second kappa shape index (κ2) is 10.3. The fourth-order valence-electron chi connectivity index (χ4n) is 1.71. The van der Waals surface area contributed by atoms with E-state index in [1.165, 1.54) is 24.3 Å². The molecule has 0 bridgehead atoms. The highest BCUT2D eigenvalue weighted by Gasteiger charge is 2.16. The third-order valence-corrected chi connectivity index (χ3v) is 5.03.